The van der Waals surface area contributed by atoms with Gasteiger partial charge in [0.15, 0.2) is 5.82 Å². The van der Waals surface area contributed by atoms with E-state index in [1.165, 1.54) is 11.1 Å². The molecule has 17 heavy (non-hydrogen) atoms. The number of fused-ring (bicyclic) bond motifs is 2. The highest BCUT2D eigenvalue weighted by Gasteiger charge is 2.25. The molecule has 0 amide bonds. The zero-order valence-corrected chi connectivity index (χ0v) is 10.3. The zero-order chi connectivity index (χ0) is 11.8. The Balaban J connectivity index is 2.21. The van der Waals surface area contributed by atoms with E-state index >= 15 is 0 Å². The third kappa shape index (κ3) is 1.54. The lowest BCUT2D eigenvalue weighted by Gasteiger charge is -2.17. The van der Waals surface area contributed by atoms with Crippen molar-refractivity contribution in [1.29, 1.82) is 0 Å². The fourth-order valence-corrected chi connectivity index (χ4v) is 2.43. The molecule has 3 rings (SSSR count). The number of anilines is 2. The first-order valence-electron chi connectivity index (χ1n) is 6.23. The van der Waals surface area contributed by atoms with Crippen molar-refractivity contribution in [1.82, 2.24) is 4.98 Å². The number of aromatic nitrogens is 1. The lowest BCUT2D eigenvalue weighted by Crippen LogP contribution is -2.30. The molecule has 0 saturated carbocycles. The SMILES string of the molecule is CCN1CN(CC)c2nc3ccccc3cc21. The Morgan fingerprint density at radius 3 is 2.65 bits per heavy atom. The minimum atomic E-state index is 0.964. The van der Waals surface area contributed by atoms with Gasteiger partial charge in [0.2, 0.25) is 0 Å². The van der Waals surface area contributed by atoms with E-state index in [1.807, 2.05) is 6.07 Å². The van der Waals surface area contributed by atoms with Crippen molar-refractivity contribution in [3.8, 4) is 0 Å². The Bertz CT molecular complexity index is 502. The summed E-state index contributed by atoms with van der Waals surface area (Å²) in [5, 5.41) is 1.22. The van der Waals surface area contributed by atoms with Crippen LogP contribution < -0.4 is 9.80 Å². The van der Waals surface area contributed by atoms with Crippen LogP contribution in [0, 0.1) is 0 Å². The summed E-state index contributed by atoms with van der Waals surface area (Å²) in [6.45, 7) is 7.38. The number of hydrogen-bond acceptors (Lipinski definition) is 3. The molecule has 0 aliphatic carbocycles. The van der Waals surface area contributed by atoms with Gasteiger partial charge in [-0.3, -0.25) is 0 Å². The highest BCUT2D eigenvalue weighted by Crippen LogP contribution is 2.36. The van der Waals surface area contributed by atoms with Crippen LogP contribution in [-0.2, 0) is 0 Å². The van der Waals surface area contributed by atoms with Crippen LogP contribution in [0.2, 0.25) is 0 Å². The van der Waals surface area contributed by atoms with Crippen LogP contribution in [0.1, 0.15) is 13.8 Å². The summed E-state index contributed by atoms with van der Waals surface area (Å²) >= 11 is 0. The third-order valence-corrected chi connectivity index (χ3v) is 3.43. The molecule has 2 heterocycles. The van der Waals surface area contributed by atoms with Gasteiger partial charge in [0, 0.05) is 18.5 Å². The fourth-order valence-electron chi connectivity index (χ4n) is 2.43. The summed E-state index contributed by atoms with van der Waals surface area (Å²) in [5.41, 5.74) is 2.36. The van der Waals surface area contributed by atoms with E-state index in [0.29, 0.717) is 0 Å². The molecule has 1 aromatic carbocycles. The maximum Gasteiger partial charge on any atom is 0.154 e. The van der Waals surface area contributed by atoms with Gasteiger partial charge in [-0.15, -0.1) is 0 Å². The van der Waals surface area contributed by atoms with E-state index in [2.05, 4.69) is 47.9 Å². The van der Waals surface area contributed by atoms with Crippen LogP contribution in [-0.4, -0.2) is 24.7 Å². The average Bonchev–Trinajstić information content (AvgIpc) is 2.73. The maximum atomic E-state index is 4.79. The smallest absolute Gasteiger partial charge is 0.154 e. The van der Waals surface area contributed by atoms with Crippen LogP contribution in [0.3, 0.4) is 0 Å². The number of hydrogen-bond donors (Lipinski definition) is 0. The van der Waals surface area contributed by atoms with Crippen molar-refractivity contribution in [2.24, 2.45) is 0 Å². The van der Waals surface area contributed by atoms with Gasteiger partial charge in [0.1, 0.15) is 0 Å². The summed E-state index contributed by atoms with van der Waals surface area (Å²) < 4.78 is 0. The minimum absolute atomic E-state index is 0.964. The molecule has 88 valence electrons. The molecule has 0 spiro atoms. The lowest BCUT2D eigenvalue weighted by atomic mass is 10.2. The second-order valence-corrected chi connectivity index (χ2v) is 4.38. The molecule has 1 aliphatic heterocycles. The predicted molar refractivity (Wildman–Crippen MR) is 72.7 cm³/mol. The van der Waals surface area contributed by atoms with E-state index in [9.17, 15) is 0 Å². The van der Waals surface area contributed by atoms with Gasteiger partial charge in [-0.25, -0.2) is 4.98 Å². The molecule has 0 atom stereocenters. The van der Waals surface area contributed by atoms with Crippen molar-refractivity contribution in [3.05, 3.63) is 30.3 Å². The maximum absolute atomic E-state index is 4.79. The zero-order valence-electron chi connectivity index (χ0n) is 10.3. The van der Waals surface area contributed by atoms with E-state index in [0.717, 1.165) is 31.1 Å². The normalized spacial score (nSPS) is 14.5. The van der Waals surface area contributed by atoms with Gasteiger partial charge in [-0.1, -0.05) is 18.2 Å². The summed E-state index contributed by atoms with van der Waals surface area (Å²) in [6, 6.07) is 10.6. The van der Waals surface area contributed by atoms with Crippen LogP contribution in [0.4, 0.5) is 11.5 Å². The molecule has 0 unspecified atom stereocenters. The lowest BCUT2D eigenvalue weighted by molar-refractivity contribution is 0.796. The Morgan fingerprint density at radius 1 is 1.12 bits per heavy atom. The van der Waals surface area contributed by atoms with Crippen LogP contribution in [0.5, 0.6) is 0 Å². The third-order valence-electron chi connectivity index (χ3n) is 3.43. The van der Waals surface area contributed by atoms with E-state index < -0.39 is 0 Å². The molecule has 0 N–H and O–H groups in total. The first-order chi connectivity index (χ1) is 8.33. The number of benzene rings is 1. The van der Waals surface area contributed by atoms with Gasteiger partial charge in [0.25, 0.3) is 0 Å². The first kappa shape index (κ1) is 10.4. The molecule has 3 heteroatoms. The molecule has 1 aliphatic rings. The number of nitrogens with zero attached hydrogens (tertiary/aromatic N) is 3. The van der Waals surface area contributed by atoms with Crippen molar-refractivity contribution in [3.63, 3.8) is 0 Å². The van der Waals surface area contributed by atoms with E-state index in [-0.39, 0.29) is 0 Å². The molecule has 3 nitrogen and oxygen atoms in total. The second kappa shape index (κ2) is 3.91. The number of rotatable bonds is 2. The highest BCUT2D eigenvalue weighted by atomic mass is 15.4. The summed E-state index contributed by atoms with van der Waals surface area (Å²) in [6.07, 6.45) is 0. The molecular formula is C14H17N3. The number of para-hydroxylation sites is 1. The Hall–Kier alpha value is -1.77. The predicted octanol–water partition coefficient (Wildman–Crippen LogP) is 2.86. The van der Waals surface area contributed by atoms with Gasteiger partial charge in [-0.2, -0.15) is 0 Å². The van der Waals surface area contributed by atoms with Crippen LogP contribution in [0.15, 0.2) is 30.3 Å². The molecule has 1 aromatic heterocycles. The topological polar surface area (TPSA) is 19.4 Å². The molecule has 0 bridgehead atoms. The van der Waals surface area contributed by atoms with Gasteiger partial charge in [0.05, 0.1) is 17.9 Å². The van der Waals surface area contributed by atoms with Crippen molar-refractivity contribution < 1.29 is 0 Å². The van der Waals surface area contributed by atoms with Crippen molar-refractivity contribution >= 4 is 22.4 Å². The van der Waals surface area contributed by atoms with Gasteiger partial charge in [-0.05, 0) is 26.0 Å². The summed E-state index contributed by atoms with van der Waals surface area (Å²) in [7, 11) is 0. The van der Waals surface area contributed by atoms with Crippen molar-refractivity contribution in [2.75, 3.05) is 29.6 Å². The molecule has 0 radical (unpaired) electrons. The fraction of sp³-hybridized carbons (Fsp3) is 0.357. The monoisotopic (exact) mass is 227 g/mol. The first-order valence-corrected chi connectivity index (χ1v) is 6.23. The standard InChI is InChI=1S/C14H17N3/c1-3-16-10-17(4-2)14-13(16)9-11-7-5-6-8-12(11)15-14/h5-9H,3-4,10H2,1-2H3. The van der Waals surface area contributed by atoms with E-state index in [4.69, 9.17) is 4.98 Å². The highest BCUT2D eigenvalue weighted by molar-refractivity contribution is 5.88. The van der Waals surface area contributed by atoms with Crippen LogP contribution in [0.25, 0.3) is 10.9 Å². The average molecular weight is 227 g/mol. The van der Waals surface area contributed by atoms with Crippen molar-refractivity contribution in [2.45, 2.75) is 13.8 Å². The van der Waals surface area contributed by atoms with E-state index in [1.54, 1.807) is 0 Å². The second-order valence-electron chi connectivity index (χ2n) is 4.38. The molecule has 0 saturated heterocycles. The number of pyridine rings is 1. The minimum Gasteiger partial charge on any atom is -0.351 e. The summed E-state index contributed by atoms with van der Waals surface area (Å²) in [5.74, 6) is 1.13. The molecular weight excluding hydrogens is 210 g/mol. The Kier molecular flexibility index (Phi) is 2.39. The molecule has 0 fully saturated rings. The largest absolute Gasteiger partial charge is 0.351 e. The Morgan fingerprint density at radius 2 is 1.88 bits per heavy atom. The quantitative estimate of drug-likeness (QED) is 0.786. The summed E-state index contributed by atoms with van der Waals surface area (Å²) in [4.78, 5) is 9.49. The molecule has 2 aromatic rings. The van der Waals surface area contributed by atoms with Crippen LogP contribution >= 0.6 is 0 Å². The Labute approximate surface area is 102 Å². The van der Waals surface area contributed by atoms with Gasteiger partial charge >= 0.3 is 0 Å². The van der Waals surface area contributed by atoms with Gasteiger partial charge < -0.3 is 9.80 Å².